The van der Waals surface area contributed by atoms with Crippen LogP contribution in [-0.2, 0) is 4.79 Å². The molecule has 0 saturated carbocycles. The van der Waals surface area contributed by atoms with E-state index in [1.54, 1.807) is 6.07 Å². The minimum Gasteiger partial charge on any atom is -0.451 e. The fourth-order valence-corrected chi connectivity index (χ4v) is 5.29. The second kappa shape index (κ2) is 8.84. The van der Waals surface area contributed by atoms with Gasteiger partial charge in [-0.05, 0) is 49.4 Å². The lowest BCUT2D eigenvalue weighted by Crippen LogP contribution is -2.34. The van der Waals surface area contributed by atoms with Gasteiger partial charge < -0.3 is 19.5 Å². The van der Waals surface area contributed by atoms with Gasteiger partial charge in [0.15, 0.2) is 5.76 Å². The molecule has 0 spiro atoms. The third kappa shape index (κ3) is 4.37. The lowest BCUT2D eigenvalue weighted by molar-refractivity contribution is -0.116. The second-order valence-corrected chi connectivity index (χ2v) is 9.71. The minimum atomic E-state index is -0.0132. The number of furan rings is 1. The molecule has 2 unspecified atom stereocenters. The number of likely N-dealkylation sites (tertiary alicyclic amines) is 2. The number of carbonyl (C=O) groups excluding carboxylic acids is 2. The maximum absolute atomic E-state index is 13.1. The van der Waals surface area contributed by atoms with Gasteiger partial charge in [0.2, 0.25) is 5.91 Å². The summed E-state index contributed by atoms with van der Waals surface area (Å²) in [6.45, 7) is 7.91. The van der Waals surface area contributed by atoms with Crippen molar-refractivity contribution in [3.05, 3.63) is 64.4 Å². The van der Waals surface area contributed by atoms with Crippen LogP contribution < -0.4 is 5.32 Å². The van der Waals surface area contributed by atoms with Crippen LogP contribution in [0, 0.1) is 25.7 Å². The van der Waals surface area contributed by atoms with Gasteiger partial charge in [-0.15, -0.1) is 0 Å². The molecule has 5 rings (SSSR count). The number of anilines is 1. The van der Waals surface area contributed by atoms with E-state index < -0.39 is 0 Å². The van der Waals surface area contributed by atoms with Crippen molar-refractivity contribution in [1.29, 1.82) is 0 Å². The molecule has 3 heterocycles. The molecule has 1 aromatic heterocycles. The minimum absolute atomic E-state index is 0.0101. The molecular weight excluding hydrogens is 438 g/mol. The predicted molar refractivity (Wildman–Crippen MR) is 130 cm³/mol. The van der Waals surface area contributed by atoms with Crippen LogP contribution >= 0.6 is 11.6 Å². The fourth-order valence-electron chi connectivity index (χ4n) is 5.11. The van der Waals surface area contributed by atoms with Crippen molar-refractivity contribution in [3.63, 3.8) is 0 Å². The zero-order valence-corrected chi connectivity index (χ0v) is 19.7. The highest BCUT2D eigenvalue weighted by atomic mass is 35.5. The number of amides is 2. The van der Waals surface area contributed by atoms with Crippen molar-refractivity contribution in [3.8, 4) is 0 Å². The van der Waals surface area contributed by atoms with Crippen LogP contribution in [0.25, 0.3) is 11.0 Å². The number of para-hydroxylation sites is 1. The number of hydrogen-bond donors (Lipinski definition) is 1. The average Bonchev–Trinajstić information content (AvgIpc) is 3.46. The van der Waals surface area contributed by atoms with Gasteiger partial charge in [-0.1, -0.05) is 35.9 Å². The Labute approximate surface area is 198 Å². The molecule has 0 aliphatic carbocycles. The van der Waals surface area contributed by atoms with Crippen LogP contribution in [0.2, 0.25) is 5.02 Å². The van der Waals surface area contributed by atoms with Gasteiger partial charge in [0.25, 0.3) is 5.91 Å². The van der Waals surface area contributed by atoms with E-state index in [-0.39, 0.29) is 11.8 Å². The lowest BCUT2D eigenvalue weighted by atomic mass is 10.0. The number of hydrogen-bond acceptors (Lipinski definition) is 4. The number of nitrogens with zero attached hydrogens (tertiary/aromatic N) is 2. The molecule has 0 bridgehead atoms. The molecule has 2 aromatic carbocycles. The Morgan fingerprint density at radius 2 is 1.79 bits per heavy atom. The first-order chi connectivity index (χ1) is 15.9. The summed E-state index contributed by atoms with van der Waals surface area (Å²) in [4.78, 5) is 29.8. The van der Waals surface area contributed by atoms with Crippen molar-refractivity contribution in [2.45, 2.75) is 20.3 Å². The van der Waals surface area contributed by atoms with E-state index in [1.165, 1.54) is 0 Å². The SMILES string of the molecule is Cc1ccc(NC(=O)CCN2CC3CN(C(=O)c4oc5ccccc5c4C)CC3C2)cc1Cl. The summed E-state index contributed by atoms with van der Waals surface area (Å²) < 4.78 is 5.89. The molecular formula is C26H28ClN3O3. The molecule has 1 N–H and O–H groups in total. The molecule has 6 nitrogen and oxygen atoms in total. The Kier molecular flexibility index (Phi) is 5.89. The maximum Gasteiger partial charge on any atom is 0.289 e. The van der Waals surface area contributed by atoms with Crippen LogP contribution in [-0.4, -0.2) is 54.3 Å². The van der Waals surface area contributed by atoms with Crippen LogP contribution in [0.15, 0.2) is 46.9 Å². The van der Waals surface area contributed by atoms with E-state index in [1.807, 2.05) is 55.1 Å². The van der Waals surface area contributed by atoms with E-state index >= 15 is 0 Å². The first-order valence-corrected chi connectivity index (χ1v) is 11.8. The average molecular weight is 466 g/mol. The first-order valence-electron chi connectivity index (χ1n) is 11.4. The molecule has 2 atom stereocenters. The summed E-state index contributed by atoms with van der Waals surface area (Å²) >= 11 is 6.14. The Morgan fingerprint density at radius 3 is 2.48 bits per heavy atom. The third-order valence-electron chi connectivity index (χ3n) is 7.00. The number of halogens is 1. The number of rotatable bonds is 5. The Hall–Kier alpha value is -2.83. The molecule has 2 aliphatic rings. The molecule has 2 amide bonds. The summed E-state index contributed by atoms with van der Waals surface area (Å²) in [5, 5.41) is 4.58. The Morgan fingerprint density at radius 1 is 1.06 bits per heavy atom. The second-order valence-electron chi connectivity index (χ2n) is 9.30. The number of fused-ring (bicyclic) bond motifs is 2. The summed E-state index contributed by atoms with van der Waals surface area (Å²) in [5.41, 5.74) is 3.38. The highest BCUT2D eigenvalue weighted by Gasteiger charge is 2.42. The molecule has 172 valence electrons. The van der Waals surface area contributed by atoms with Crippen LogP contribution in [0.5, 0.6) is 0 Å². The Bertz CT molecular complexity index is 1210. The molecule has 2 saturated heterocycles. The van der Waals surface area contributed by atoms with Crippen LogP contribution in [0.1, 0.15) is 28.1 Å². The van der Waals surface area contributed by atoms with Gasteiger partial charge in [-0.25, -0.2) is 0 Å². The standard InChI is InChI=1S/C26H28ClN3O3/c1-16-7-8-20(11-22(16)27)28-24(31)9-10-29-12-18-14-30(15-19(18)13-29)26(32)25-17(2)21-5-3-4-6-23(21)33-25/h3-8,11,18-19H,9-10,12-15H2,1-2H3,(H,28,31). The first kappa shape index (κ1) is 22.0. The van der Waals surface area contributed by atoms with Gasteiger partial charge in [-0.2, -0.15) is 0 Å². The van der Waals surface area contributed by atoms with Crippen LogP contribution in [0.4, 0.5) is 5.69 Å². The number of aryl methyl sites for hydroxylation is 2. The lowest BCUT2D eigenvalue weighted by Gasteiger charge is -2.21. The van der Waals surface area contributed by atoms with Crippen molar-refractivity contribution >= 4 is 40.1 Å². The normalized spacial score (nSPS) is 20.4. The summed E-state index contributed by atoms with van der Waals surface area (Å²) in [6, 6.07) is 13.3. The zero-order valence-electron chi connectivity index (χ0n) is 18.9. The van der Waals surface area contributed by atoms with Gasteiger partial charge in [0, 0.05) is 60.8 Å². The van der Waals surface area contributed by atoms with Gasteiger partial charge in [0.1, 0.15) is 5.58 Å². The predicted octanol–water partition coefficient (Wildman–Crippen LogP) is 4.74. The van der Waals surface area contributed by atoms with Gasteiger partial charge in [0.05, 0.1) is 0 Å². The molecule has 2 fully saturated rings. The largest absolute Gasteiger partial charge is 0.451 e. The highest BCUT2D eigenvalue weighted by molar-refractivity contribution is 6.31. The quantitative estimate of drug-likeness (QED) is 0.591. The number of nitrogens with one attached hydrogen (secondary N) is 1. The summed E-state index contributed by atoms with van der Waals surface area (Å²) in [7, 11) is 0. The fraction of sp³-hybridized carbons (Fsp3) is 0.385. The van der Waals surface area contributed by atoms with E-state index in [0.29, 0.717) is 29.0 Å². The summed E-state index contributed by atoms with van der Waals surface area (Å²) in [5.74, 6) is 1.32. The van der Waals surface area contributed by atoms with E-state index in [9.17, 15) is 9.59 Å². The van der Waals surface area contributed by atoms with Crippen LogP contribution in [0.3, 0.4) is 0 Å². The number of carbonyl (C=O) groups is 2. The van der Waals surface area contributed by atoms with Gasteiger partial charge in [-0.3, -0.25) is 9.59 Å². The summed E-state index contributed by atoms with van der Waals surface area (Å²) in [6.07, 6.45) is 0.436. The van der Waals surface area contributed by atoms with Crippen molar-refractivity contribution in [2.75, 3.05) is 38.0 Å². The third-order valence-corrected chi connectivity index (χ3v) is 7.40. The molecule has 33 heavy (non-hydrogen) atoms. The number of benzene rings is 2. The zero-order chi connectivity index (χ0) is 23.1. The molecule has 2 aliphatic heterocycles. The smallest absolute Gasteiger partial charge is 0.289 e. The van der Waals surface area contributed by atoms with E-state index in [2.05, 4.69) is 10.2 Å². The van der Waals surface area contributed by atoms with E-state index in [0.717, 1.165) is 60.5 Å². The van der Waals surface area contributed by atoms with Crippen molar-refractivity contribution < 1.29 is 14.0 Å². The molecule has 3 aromatic rings. The van der Waals surface area contributed by atoms with Crippen molar-refractivity contribution in [2.24, 2.45) is 11.8 Å². The van der Waals surface area contributed by atoms with Gasteiger partial charge >= 0.3 is 0 Å². The van der Waals surface area contributed by atoms with E-state index in [4.69, 9.17) is 16.0 Å². The Balaban J connectivity index is 1.13. The maximum atomic E-state index is 13.1. The monoisotopic (exact) mass is 465 g/mol. The van der Waals surface area contributed by atoms with Crippen molar-refractivity contribution in [1.82, 2.24) is 9.80 Å². The molecule has 7 heteroatoms. The topological polar surface area (TPSA) is 65.8 Å². The molecule has 0 radical (unpaired) electrons. The highest BCUT2D eigenvalue weighted by Crippen LogP contribution is 2.33.